The fourth-order valence-electron chi connectivity index (χ4n) is 0.823. The van der Waals surface area contributed by atoms with Gasteiger partial charge in [-0.1, -0.05) is 6.92 Å². The maximum absolute atomic E-state index is 5.09. The van der Waals surface area contributed by atoms with E-state index in [1.165, 1.54) is 4.55 Å². The maximum Gasteiger partial charge on any atom is 0.469 e. The lowest BCUT2D eigenvalue weighted by atomic mass is 9.91. The molecule has 1 saturated heterocycles. The third-order valence-electron chi connectivity index (χ3n) is 1.60. The average Bonchev–Trinajstić information content (AvgIpc) is 1.64. The molecule has 0 spiro atoms. The van der Waals surface area contributed by atoms with Crippen molar-refractivity contribution in [2.45, 2.75) is 11.5 Å². The van der Waals surface area contributed by atoms with Crippen molar-refractivity contribution in [2.24, 2.45) is 5.41 Å². The van der Waals surface area contributed by atoms with Crippen LogP contribution in [0.3, 0.4) is 0 Å². The Morgan fingerprint density at radius 2 is 2.38 bits per heavy atom. The topological polar surface area (TPSA) is 9.23 Å². The van der Waals surface area contributed by atoms with Crippen LogP contribution < -0.4 is 0 Å². The van der Waals surface area contributed by atoms with Crippen LogP contribution in [0.15, 0.2) is 0 Å². The molecule has 8 heavy (non-hydrogen) atoms. The highest BCUT2D eigenvalue weighted by atomic mass is 79.9. The van der Waals surface area contributed by atoms with Gasteiger partial charge in [-0.05, 0) is 5.41 Å². The number of rotatable bonds is 2. The third kappa shape index (κ3) is 1.59. The van der Waals surface area contributed by atoms with Gasteiger partial charge in [-0.15, -0.1) is 4.55 Å². The first-order valence-electron chi connectivity index (χ1n) is 2.91. The molecule has 1 heterocycles. The molecule has 3 heteroatoms. The first-order chi connectivity index (χ1) is 3.77. The van der Waals surface area contributed by atoms with E-state index in [2.05, 4.69) is 19.8 Å². The van der Waals surface area contributed by atoms with Gasteiger partial charge in [0.15, 0.2) is 0 Å². The Hall–Kier alpha value is 1.21. The van der Waals surface area contributed by atoms with Crippen molar-refractivity contribution in [1.29, 1.82) is 0 Å². The average molecular weight is 189 g/mol. The quantitative estimate of drug-likeness (QED) is 0.598. The van der Waals surface area contributed by atoms with Crippen LogP contribution in [-0.2, 0) is 4.74 Å². The molecular formula is C5H9BrMgO. The normalized spacial score (nSPS) is 23.8. The molecule has 0 bridgehead atoms. The molecule has 0 aliphatic carbocycles. The highest BCUT2D eigenvalue weighted by Crippen LogP contribution is 2.30. The molecule has 0 atom stereocenters. The summed E-state index contributed by atoms with van der Waals surface area (Å²) in [5, 5.41) is 0. The molecule has 0 radical (unpaired) electrons. The lowest BCUT2D eigenvalue weighted by Gasteiger charge is -2.38. The molecule has 0 unspecified atom stereocenters. The van der Waals surface area contributed by atoms with E-state index >= 15 is 0 Å². The number of hydrogen-bond acceptors (Lipinski definition) is 1. The Morgan fingerprint density at radius 1 is 1.75 bits per heavy atom. The Labute approximate surface area is 65.8 Å². The fourth-order valence-corrected chi connectivity index (χ4v) is 4.44. The Balaban J connectivity index is 2.20. The first-order valence-corrected chi connectivity index (χ1v) is 7.80. The van der Waals surface area contributed by atoms with Gasteiger partial charge in [-0.25, -0.2) is 0 Å². The Kier molecular flexibility index (Phi) is 2.62. The largest absolute Gasteiger partial charge is 0.469 e. The summed E-state index contributed by atoms with van der Waals surface area (Å²) < 4.78 is 6.47. The van der Waals surface area contributed by atoms with Crippen LogP contribution in [0.1, 0.15) is 6.92 Å². The number of hydrogen-bond donors (Lipinski definition) is 0. The second-order valence-corrected chi connectivity index (χ2v) is 6.00. The predicted molar refractivity (Wildman–Crippen MR) is 38.4 cm³/mol. The van der Waals surface area contributed by atoms with Gasteiger partial charge in [0, 0.05) is 0 Å². The second kappa shape index (κ2) is 2.86. The predicted octanol–water partition coefficient (Wildman–Crippen LogP) is 1.46. The molecule has 1 aliphatic heterocycles. The summed E-state index contributed by atoms with van der Waals surface area (Å²) in [6.07, 6.45) is 0. The van der Waals surface area contributed by atoms with E-state index in [1.807, 2.05) is 0 Å². The zero-order valence-corrected chi connectivity index (χ0v) is 8.11. The maximum atomic E-state index is 5.09. The standard InChI is InChI=1S/C5H9O.BrH.Mg/c1-5(2)3-6-4-5;;/h1,3-4H2,2H3;1H;/q;;+1/p-1. The van der Waals surface area contributed by atoms with E-state index in [9.17, 15) is 0 Å². The van der Waals surface area contributed by atoms with E-state index in [0.717, 1.165) is 13.2 Å². The van der Waals surface area contributed by atoms with Gasteiger partial charge in [0.25, 0.3) is 0 Å². The van der Waals surface area contributed by atoms with E-state index in [1.54, 1.807) is 0 Å². The minimum Gasteiger partial charge on any atom is -0.380 e. The van der Waals surface area contributed by atoms with E-state index in [4.69, 9.17) is 4.74 Å². The molecule has 0 aromatic rings. The zero-order valence-electron chi connectivity index (χ0n) is 5.11. The molecule has 1 nitrogen and oxygen atoms in total. The van der Waals surface area contributed by atoms with Crippen LogP contribution in [0.2, 0.25) is 4.55 Å². The lowest BCUT2D eigenvalue weighted by molar-refractivity contribution is -0.0888. The van der Waals surface area contributed by atoms with Gasteiger partial charge in [0.2, 0.25) is 0 Å². The van der Waals surface area contributed by atoms with Crippen molar-refractivity contribution >= 4 is 31.1 Å². The van der Waals surface area contributed by atoms with Crippen molar-refractivity contribution in [2.75, 3.05) is 13.2 Å². The smallest absolute Gasteiger partial charge is 0.380 e. The van der Waals surface area contributed by atoms with Gasteiger partial charge in [0.05, 0.1) is 13.2 Å². The van der Waals surface area contributed by atoms with Gasteiger partial charge >= 0.3 is 18.2 Å². The van der Waals surface area contributed by atoms with Crippen molar-refractivity contribution in [3.05, 3.63) is 0 Å². The molecule has 0 aromatic heterocycles. The lowest BCUT2D eigenvalue weighted by Crippen LogP contribution is -2.39. The van der Waals surface area contributed by atoms with E-state index < -0.39 is 0 Å². The molecule has 1 fully saturated rings. The van der Waals surface area contributed by atoms with Crippen LogP contribution in [-0.4, -0.2) is 31.4 Å². The van der Waals surface area contributed by atoms with Crippen molar-refractivity contribution in [1.82, 2.24) is 0 Å². The molecule has 0 aromatic carbocycles. The van der Waals surface area contributed by atoms with E-state index in [-0.39, 0.29) is 18.2 Å². The number of ether oxygens (including phenoxy) is 1. The van der Waals surface area contributed by atoms with Crippen LogP contribution >= 0.6 is 12.9 Å². The van der Waals surface area contributed by atoms with E-state index in [0.29, 0.717) is 5.41 Å². The van der Waals surface area contributed by atoms with Gasteiger partial charge in [-0.2, -0.15) is 0 Å². The van der Waals surface area contributed by atoms with Crippen molar-refractivity contribution in [3.63, 3.8) is 0 Å². The SMILES string of the molecule is CC1([CH2][Mg][Br])COC1. The second-order valence-electron chi connectivity index (χ2n) is 2.74. The van der Waals surface area contributed by atoms with Crippen LogP contribution in [0, 0.1) is 5.41 Å². The Bertz CT molecular complexity index is 82.5. The summed E-state index contributed by atoms with van der Waals surface area (Å²) in [5.41, 5.74) is 0.565. The van der Waals surface area contributed by atoms with Gasteiger partial charge < -0.3 is 17.6 Å². The first kappa shape index (κ1) is 7.31. The summed E-state index contributed by atoms with van der Waals surface area (Å²) in [7, 11) is 0. The molecule has 1 aliphatic rings. The summed E-state index contributed by atoms with van der Waals surface area (Å²) in [5.74, 6) is 0. The summed E-state index contributed by atoms with van der Waals surface area (Å²) in [6.45, 7) is 4.28. The fraction of sp³-hybridized carbons (Fsp3) is 1.00. The zero-order chi connectivity index (χ0) is 6.04. The molecule has 0 saturated carbocycles. The van der Waals surface area contributed by atoms with Crippen LogP contribution in [0.25, 0.3) is 0 Å². The summed E-state index contributed by atoms with van der Waals surface area (Å²) in [4.78, 5) is 0. The summed E-state index contributed by atoms with van der Waals surface area (Å²) >= 11 is 3.63. The highest BCUT2D eigenvalue weighted by Gasteiger charge is 2.31. The molecule has 0 amide bonds. The van der Waals surface area contributed by atoms with Crippen LogP contribution in [0.4, 0.5) is 0 Å². The van der Waals surface area contributed by atoms with Gasteiger partial charge in [0.1, 0.15) is 0 Å². The van der Waals surface area contributed by atoms with Crippen LogP contribution in [0.5, 0.6) is 0 Å². The molecule has 44 valence electrons. The van der Waals surface area contributed by atoms with Crippen molar-refractivity contribution in [3.8, 4) is 0 Å². The Morgan fingerprint density at radius 3 is 2.50 bits per heavy atom. The molecule has 0 N–H and O–H groups in total. The monoisotopic (exact) mass is 188 g/mol. The van der Waals surface area contributed by atoms with Gasteiger partial charge in [-0.3, -0.25) is 0 Å². The van der Waals surface area contributed by atoms with Crippen molar-refractivity contribution < 1.29 is 4.74 Å². The minimum atomic E-state index is 0.0826. The summed E-state index contributed by atoms with van der Waals surface area (Å²) in [6, 6.07) is 0. The minimum absolute atomic E-state index is 0.0826. The third-order valence-corrected chi connectivity index (χ3v) is 4.18. The molecule has 1 rings (SSSR count). The number of halogens is 1. The molecular weight excluding hydrogens is 180 g/mol. The highest BCUT2D eigenvalue weighted by molar-refractivity contribution is 9.23.